The third kappa shape index (κ3) is 59.1. The number of allylic oxidation sites excluding steroid dienone is 8. The number of likely N-dealkylation sites (N-methyl/N-ethyl adjacent to an activating group) is 1. The molecule has 73 heavy (non-hydrogen) atoms. The zero-order valence-corrected chi connectivity index (χ0v) is 49.5. The van der Waals surface area contributed by atoms with Crippen molar-refractivity contribution in [2.75, 3.05) is 47.5 Å². The standard InChI is InChI=1S/C63H118NO8P/c1-6-8-10-12-14-16-18-20-22-24-26-28-30-31-32-33-34-36-38-40-42-44-46-48-50-52-54-56-63(66)72-61(60-71-73(67,68)70-58-57-64(3,4)5)59-69-62(65)55-53-51-49-47-45-43-41-39-37-35-29-27-25-23-21-19-17-15-13-11-9-7-2/h8,10,14,16,20,22,26,28,61H,6-7,9,11-13,15,17-19,21,23-25,27,29-60H2,1-5H3/b10-8-,16-14-,22-20-,28-26-. The average molecular weight is 1050 g/mol. The first-order valence-corrected chi connectivity index (χ1v) is 32.3. The van der Waals surface area contributed by atoms with Crippen LogP contribution < -0.4 is 4.89 Å². The number of carbonyl (C=O) groups excluding carboxylic acids is 2. The second-order valence-electron chi connectivity index (χ2n) is 22.0. The van der Waals surface area contributed by atoms with Crippen molar-refractivity contribution in [1.29, 1.82) is 0 Å². The monoisotopic (exact) mass is 1050 g/mol. The van der Waals surface area contributed by atoms with Gasteiger partial charge in [0.25, 0.3) is 7.82 Å². The Labute approximate surface area is 452 Å². The molecule has 0 aliphatic rings. The maximum absolute atomic E-state index is 12.8. The van der Waals surface area contributed by atoms with E-state index in [4.69, 9.17) is 18.5 Å². The van der Waals surface area contributed by atoms with Gasteiger partial charge in [0.15, 0.2) is 6.10 Å². The fourth-order valence-corrected chi connectivity index (χ4v) is 9.61. The lowest BCUT2D eigenvalue weighted by molar-refractivity contribution is -0.870. The molecular formula is C63H118NO8P. The molecule has 0 N–H and O–H groups in total. The van der Waals surface area contributed by atoms with Crippen molar-refractivity contribution in [3.63, 3.8) is 0 Å². The summed E-state index contributed by atoms with van der Waals surface area (Å²) in [4.78, 5) is 37.9. The molecule has 0 radical (unpaired) electrons. The molecule has 0 bridgehead atoms. The van der Waals surface area contributed by atoms with E-state index >= 15 is 0 Å². The number of quaternary nitrogens is 1. The van der Waals surface area contributed by atoms with Crippen molar-refractivity contribution < 1.29 is 42.1 Å². The van der Waals surface area contributed by atoms with E-state index in [0.717, 1.165) is 64.2 Å². The summed E-state index contributed by atoms with van der Waals surface area (Å²) in [5.41, 5.74) is 0. The second-order valence-corrected chi connectivity index (χ2v) is 23.5. The van der Waals surface area contributed by atoms with Crippen LogP contribution in [0, 0.1) is 0 Å². The van der Waals surface area contributed by atoms with E-state index in [0.29, 0.717) is 17.4 Å². The largest absolute Gasteiger partial charge is 0.756 e. The summed E-state index contributed by atoms with van der Waals surface area (Å²) >= 11 is 0. The molecule has 0 rings (SSSR count). The molecule has 9 nitrogen and oxygen atoms in total. The molecule has 0 spiro atoms. The number of carbonyl (C=O) groups is 2. The lowest BCUT2D eigenvalue weighted by Gasteiger charge is -2.28. The van der Waals surface area contributed by atoms with Gasteiger partial charge in [-0.3, -0.25) is 14.2 Å². The Morgan fingerprint density at radius 1 is 0.438 bits per heavy atom. The fraction of sp³-hybridized carbons (Fsp3) is 0.841. The lowest BCUT2D eigenvalue weighted by Crippen LogP contribution is -2.37. The number of hydrogen-bond donors (Lipinski definition) is 0. The number of nitrogens with zero attached hydrogens (tertiary/aromatic N) is 1. The van der Waals surface area contributed by atoms with Gasteiger partial charge >= 0.3 is 11.9 Å². The first-order chi connectivity index (χ1) is 35.5. The van der Waals surface area contributed by atoms with Crippen LogP contribution >= 0.6 is 7.82 Å². The summed E-state index contributed by atoms with van der Waals surface area (Å²) in [6, 6.07) is 0. The van der Waals surface area contributed by atoms with Crippen LogP contribution in [0.2, 0.25) is 0 Å². The first-order valence-electron chi connectivity index (χ1n) is 30.8. The minimum atomic E-state index is -4.64. The maximum atomic E-state index is 12.8. The molecule has 0 aliphatic carbocycles. The Morgan fingerprint density at radius 2 is 0.781 bits per heavy atom. The van der Waals surface area contributed by atoms with Gasteiger partial charge in [0.05, 0.1) is 27.7 Å². The van der Waals surface area contributed by atoms with Crippen molar-refractivity contribution >= 4 is 19.8 Å². The van der Waals surface area contributed by atoms with E-state index in [2.05, 4.69) is 62.5 Å². The van der Waals surface area contributed by atoms with Crippen LogP contribution in [0.4, 0.5) is 0 Å². The van der Waals surface area contributed by atoms with Gasteiger partial charge in [0.2, 0.25) is 0 Å². The highest BCUT2D eigenvalue weighted by atomic mass is 31.2. The van der Waals surface area contributed by atoms with Crippen LogP contribution in [0.3, 0.4) is 0 Å². The van der Waals surface area contributed by atoms with E-state index in [9.17, 15) is 19.0 Å². The number of phosphoric ester groups is 1. The summed E-state index contributed by atoms with van der Waals surface area (Å²) in [5.74, 6) is -0.819. The highest BCUT2D eigenvalue weighted by Crippen LogP contribution is 2.38. The van der Waals surface area contributed by atoms with Gasteiger partial charge in [-0.05, 0) is 51.4 Å². The molecule has 0 aliphatic heterocycles. The number of unbranched alkanes of at least 4 members (excludes halogenated alkanes) is 35. The Balaban J connectivity index is 4.09. The second kappa shape index (κ2) is 54.7. The fourth-order valence-electron chi connectivity index (χ4n) is 8.89. The Bertz CT molecular complexity index is 1370. The highest BCUT2D eigenvalue weighted by Gasteiger charge is 2.22. The molecule has 428 valence electrons. The molecule has 10 heteroatoms. The Kier molecular flexibility index (Phi) is 53.2. The molecule has 0 amide bonds. The van der Waals surface area contributed by atoms with Gasteiger partial charge in [0, 0.05) is 12.8 Å². The van der Waals surface area contributed by atoms with Gasteiger partial charge in [-0.1, -0.05) is 274 Å². The molecule has 0 aromatic carbocycles. The summed E-state index contributed by atoms with van der Waals surface area (Å²) in [6.45, 7) is 4.18. The molecule has 0 saturated heterocycles. The van der Waals surface area contributed by atoms with Crippen molar-refractivity contribution in [2.45, 2.75) is 296 Å². The van der Waals surface area contributed by atoms with Gasteiger partial charge in [0.1, 0.15) is 19.8 Å². The molecule has 0 aromatic heterocycles. The number of esters is 2. The number of phosphoric acid groups is 1. The van der Waals surface area contributed by atoms with E-state index in [1.54, 1.807) is 0 Å². The highest BCUT2D eigenvalue weighted by molar-refractivity contribution is 7.45. The molecule has 0 heterocycles. The van der Waals surface area contributed by atoms with E-state index in [1.165, 1.54) is 193 Å². The zero-order chi connectivity index (χ0) is 53.5. The lowest BCUT2D eigenvalue weighted by atomic mass is 10.0. The topological polar surface area (TPSA) is 111 Å². The molecule has 0 saturated carbocycles. The number of rotatable bonds is 57. The van der Waals surface area contributed by atoms with E-state index < -0.39 is 26.5 Å². The van der Waals surface area contributed by atoms with Gasteiger partial charge in [-0.2, -0.15) is 0 Å². The third-order valence-electron chi connectivity index (χ3n) is 13.6. The van der Waals surface area contributed by atoms with Crippen LogP contribution in [0.1, 0.15) is 290 Å². The minimum Gasteiger partial charge on any atom is -0.756 e. The SMILES string of the molecule is CC/C=C\C/C=C\C/C=C\C/C=C\CCCCCCCCCCCCCCCCC(=O)OC(COC(=O)CCCCCCCCCCCCCCCCCCCCCCCC)COP(=O)([O-])OCC[N+](C)(C)C. The maximum Gasteiger partial charge on any atom is 0.306 e. The predicted molar refractivity (Wildman–Crippen MR) is 310 cm³/mol. The Hall–Kier alpha value is -2.03. The summed E-state index contributed by atoms with van der Waals surface area (Å²) < 4.78 is 34.2. The average Bonchev–Trinajstić information content (AvgIpc) is 3.35. The number of hydrogen-bond acceptors (Lipinski definition) is 8. The minimum absolute atomic E-state index is 0.0295. The number of ether oxygens (including phenoxy) is 2. The van der Waals surface area contributed by atoms with Crippen molar-refractivity contribution in [1.82, 2.24) is 0 Å². The van der Waals surface area contributed by atoms with Crippen LogP contribution in [0.5, 0.6) is 0 Å². The smallest absolute Gasteiger partial charge is 0.306 e. The quantitative estimate of drug-likeness (QED) is 0.0195. The zero-order valence-electron chi connectivity index (χ0n) is 48.6. The van der Waals surface area contributed by atoms with Crippen molar-refractivity contribution in [3.8, 4) is 0 Å². The molecule has 2 atom stereocenters. The van der Waals surface area contributed by atoms with Gasteiger partial charge < -0.3 is 27.9 Å². The predicted octanol–water partition coefficient (Wildman–Crippen LogP) is 18.7. The van der Waals surface area contributed by atoms with Crippen molar-refractivity contribution in [3.05, 3.63) is 48.6 Å². The third-order valence-corrected chi connectivity index (χ3v) is 14.6. The van der Waals surface area contributed by atoms with E-state index in [-0.39, 0.29) is 32.0 Å². The molecule has 0 aromatic rings. The molecule has 0 fully saturated rings. The normalized spacial score (nSPS) is 13.6. The van der Waals surface area contributed by atoms with Crippen molar-refractivity contribution in [2.24, 2.45) is 0 Å². The summed E-state index contributed by atoms with van der Waals surface area (Å²) in [6.07, 6.45) is 68.8. The molecular weight excluding hydrogens is 930 g/mol. The van der Waals surface area contributed by atoms with Crippen LogP contribution in [-0.4, -0.2) is 70.0 Å². The Morgan fingerprint density at radius 3 is 1.16 bits per heavy atom. The first kappa shape index (κ1) is 71.0. The van der Waals surface area contributed by atoms with Crippen LogP contribution in [0.25, 0.3) is 0 Å². The summed E-state index contributed by atoms with van der Waals surface area (Å²) in [7, 11) is 1.18. The van der Waals surface area contributed by atoms with Crippen LogP contribution in [-0.2, 0) is 32.7 Å². The van der Waals surface area contributed by atoms with Crippen LogP contribution in [0.15, 0.2) is 48.6 Å². The van der Waals surface area contributed by atoms with Gasteiger partial charge in [-0.25, -0.2) is 0 Å². The molecule has 2 unspecified atom stereocenters. The van der Waals surface area contributed by atoms with E-state index in [1.807, 2.05) is 21.1 Å². The summed E-state index contributed by atoms with van der Waals surface area (Å²) in [5, 5.41) is 0. The van der Waals surface area contributed by atoms with Gasteiger partial charge in [-0.15, -0.1) is 0 Å².